The standard InChI is InChI=1S/C12H17N2O2/c1-9-14(2)12(13-16-9)11-6-4-10(5-7-11)8-15-3/h4-6,11H,7-8H2,1-3H3/q+1. The Morgan fingerprint density at radius 3 is 2.94 bits per heavy atom. The van der Waals surface area contributed by atoms with Gasteiger partial charge in [0.05, 0.1) is 19.6 Å². The first kappa shape index (κ1) is 11.1. The lowest BCUT2D eigenvalue weighted by Crippen LogP contribution is -2.35. The molecule has 1 aromatic rings. The van der Waals surface area contributed by atoms with Crippen molar-refractivity contribution in [3.63, 3.8) is 0 Å². The number of hydrogen-bond acceptors (Lipinski definition) is 3. The van der Waals surface area contributed by atoms with E-state index in [0.29, 0.717) is 12.5 Å². The highest BCUT2D eigenvalue weighted by Crippen LogP contribution is 2.23. The van der Waals surface area contributed by atoms with Crippen molar-refractivity contribution >= 4 is 0 Å². The van der Waals surface area contributed by atoms with Gasteiger partial charge in [-0.25, -0.2) is 4.52 Å². The van der Waals surface area contributed by atoms with E-state index in [9.17, 15) is 0 Å². The molecule has 0 spiro atoms. The minimum Gasteiger partial charge on any atom is -0.380 e. The summed E-state index contributed by atoms with van der Waals surface area (Å²) < 4.78 is 12.2. The van der Waals surface area contributed by atoms with Crippen molar-refractivity contribution in [2.75, 3.05) is 13.7 Å². The van der Waals surface area contributed by atoms with E-state index in [1.54, 1.807) is 7.11 Å². The molecule has 1 heterocycles. The van der Waals surface area contributed by atoms with Gasteiger partial charge in [0.2, 0.25) is 0 Å². The fourth-order valence-corrected chi connectivity index (χ4v) is 1.84. The Bertz CT molecular complexity index is 432. The molecular weight excluding hydrogens is 204 g/mol. The summed E-state index contributed by atoms with van der Waals surface area (Å²) in [6.07, 6.45) is 7.40. The van der Waals surface area contributed by atoms with Crippen LogP contribution in [0.15, 0.2) is 28.3 Å². The van der Waals surface area contributed by atoms with E-state index in [4.69, 9.17) is 9.26 Å². The molecule has 1 unspecified atom stereocenters. The van der Waals surface area contributed by atoms with Crippen LogP contribution < -0.4 is 4.57 Å². The first-order chi connectivity index (χ1) is 7.72. The number of ether oxygens (including phenoxy) is 1. The molecule has 0 fully saturated rings. The molecule has 0 bridgehead atoms. The average Bonchev–Trinajstić information content (AvgIpc) is 2.62. The van der Waals surface area contributed by atoms with Crippen molar-refractivity contribution in [2.24, 2.45) is 7.05 Å². The van der Waals surface area contributed by atoms with Gasteiger partial charge in [-0.2, -0.15) is 4.57 Å². The zero-order valence-electron chi connectivity index (χ0n) is 9.93. The zero-order chi connectivity index (χ0) is 11.5. The van der Waals surface area contributed by atoms with Crippen LogP contribution in [0.3, 0.4) is 0 Å². The smallest absolute Gasteiger partial charge is 0.355 e. The van der Waals surface area contributed by atoms with Gasteiger partial charge >= 0.3 is 11.7 Å². The lowest BCUT2D eigenvalue weighted by Gasteiger charge is -2.10. The van der Waals surface area contributed by atoms with E-state index in [-0.39, 0.29) is 0 Å². The van der Waals surface area contributed by atoms with Crippen molar-refractivity contribution in [1.29, 1.82) is 0 Å². The number of methoxy groups -OCH3 is 1. The molecule has 1 aliphatic carbocycles. The lowest BCUT2D eigenvalue weighted by atomic mass is 9.96. The summed E-state index contributed by atoms with van der Waals surface area (Å²) in [6, 6.07) is 0. The third-order valence-corrected chi connectivity index (χ3v) is 2.91. The monoisotopic (exact) mass is 221 g/mol. The molecule has 0 aliphatic heterocycles. The Morgan fingerprint density at radius 2 is 2.44 bits per heavy atom. The van der Waals surface area contributed by atoms with E-state index in [0.717, 1.165) is 18.1 Å². The minimum atomic E-state index is 0.308. The van der Waals surface area contributed by atoms with Crippen LogP contribution in [-0.2, 0) is 11.8 Å². The van der Waals surface area contributed by atoms with Gasteiger partial charge in [0.15, 0.2) is 5.16 Å². The number of nitrogens with zero attached hydrogens (tertiary/aromatic N) is 2. The number of aromatic nitrogens is 2. The first-order valence-electron chi connectivity index (χ1n) is 5.40. The topological polar surface area (TPSA) is 39.1 Å². The highest BCUT2D eigenvalue weighted by molar-refractivity contribution is 5.27. The van der Waals surface area contributed by atoms with Crippen molar-refractivity contribution < 1.29 is 13.8 Å². The summed E-state index contributed by atoms with van der Waals surface area (Å²) in [7, 11) is 3.69. The Morgan fingerprint density at radius 1 is 1.62 bits per heavy atom. The summed E-state index contributed by atoms with van der Waals surface area (Å²) in [6.45, 7) is 2.59. The Hall–Kier alpha value is -1.42. The van der Waals surface area contributed by atoms with Crippen LogP contribution in [0.25, 0.3) is 0 Å². The van der Waals surface area contributed by atoms with Gasteiger partial charge in [0.25, 0.3) is 0 Å². The Balaban J connectivity index is 2.11. The minimum absolute atomic E-state index is 0.308. The molecule has 0 amide bonds. The molecule has 4 heteroatoms. The normalized spacial score (nSPS) is 19.9. The van der Waals surface area contributed by atoms with Crippen molar-refractivity contribution in [2.45, 2.75) is 19.3 Å². The zero-order valence-corrected chi connectivity index (χ0v) is 9.93. The number of aryl methyl sites for hydroxylation is 1. The first-order valence-corrected chi connectivity index (χ1v) is 5.40. The maximum atomic E-state index is 5.16. The summed E-state index contributed by atoms with van der Waals surface area (Å²) in [4.78, 5) is 0. The third kappa shape index (κ3) is 2.07. The molecule has 0 radical (unpaired) electrons. The van der Waals surface area contributed by atoms with Gasteiger partial charge in [0, 0.05) is 14.0 Å². The largest absolute Gasteiger partial charge is 0.380 e. The predicted molar refractivity (Wildman–Crippen MR) is 58.9 cm³/mol. The molecule has 1 aliphatic rings. The van der Waals surface area contributed by atoms with Crippen molar-refractivity contribution in [3.8, 4) is 0 Å². The van der Waals surface area contributed by atoms with E-state index in [2.05, 4.69) is 23.4 Å². The maximum absolute atomic E-state index is 5.16. The fourth-order valence-electron chi connectivity index (χ4n) is 1.84. The van der Waals surface area contributed by atoms with Gasteiger partial charge in [-0.1, -0.05) is 18.2 Å². The molecule has 86 valence electrons. The van der Waals surface area contributed by atoms with Crippen molar-refractivity contribution in [3.05, 3.63) is 35.5 Å². The number of allylic oxidation sites excluding steroid dienone is 2. The van der Waals surface area contributed by atoms with Crippen LogP contribution in [0.4, 0.5) is 0 Å². The Labute approximate surface area is 95.2 Å². The van der Waals surface area contributed by atoms with Crippen LogP contribution in [-0.4, -0.2) is 18.9 Å². The van der Waals surface area contributed by atoms with Gasteiger partial charge in [-0.15, -0.1) is 0 Å². The highest BCUT2D eigenvalue weighted by Gasteiger charge is 2.26. The van der Waals surface area contributed by atoms with Gasteiger partial charge in [-0.3, -0.25) is 0 Å². The fraction of sp³-hybridized carbons (Fsp3) is 0.500. The molecule has 2 rings (SSSR count). The molecule has 1 atom stereocenters. The molecule has 4 nitrogen and oxygen atoms in total. The van der Waals surface area contributed by atoms with Gasteiger partial charge < -0.3 is 4.74 Å². The second-order valence-corrected chi connectivity index (χ2v) is 4.03. The summed E-state index contributed by atoms with van der Waals surface area (Å²) in [5, 5.41) is 4.09. The van der Waals surface area contributed by atoms with E-state index in [1.807, 2.05) is 18.5 Å². The summed E-state index contributed by atoms with van der Waals surface area (Å²) in [5.41, 5.74) is 1.22. The molecule has 0 saturated carbocycles. The predicted octanol–water partition coefficient (Wildman–Crippen LogP) is 1.42. The molecule has 16 heavy (non-hydrogen) atoms. The summed E-state index contributed by atoms with van der Waals surface area (Å²) in [5.74, 6) is 2.11. The van der Waals surface area contributed by atoms with Crippen LogP contribution in [0.2, 0.25) is 0 Å². The SMILES string of the molecule is COCC1=CCC(c2noc(C)[n+]2C)C=C1. The van der Waals surface area contributed by atoms with Crippen LogP contribution in [0.1, 0.15) is 24.1 Å². The maximum Gasteiger partial charge on any atom is 0.355 e. The molecule has 0 saturated heterocycles. The third-order valence-electron chi connectivity index (χ3n) is 2.91. The number of hydrogen-bond donors (Lipinski definition) is 0. The average molecular weight is 221 g/mol. The second-order valence-electron chi connectivity index (χ2n) is 4.03. The van der Waals surface area contributed by atoms with Crippen LogP contribution in [0, 0.1) is 6.92 Å². The van der Waals surface area contributed by atoms with E-state index in [1.165, 1.54) is 5.57 Å². The molecule has 0 N–H and O–H groups in total. The van der Waals surface area contributed by atoms with Crippen molar-refractivity contribution in [1.82, 2.24) is 5.16 Å². The second kappa shape index (κ2) is 4.61. The quantitative estimate of drug-likeness (QED) is 0.725. The number of rotatable bonds is 3. The van der Waals surface area contributed by atoms with Gasteiger partial charge in [0.1, 0.15) is 0 Å². The van der Waals surface area contributed by atoms with E-state index < -0.39 is 0 Å². The molecule has 0 aromatic carbocycles. The van der Waals surface area contributed by atoms with Gasteiger partial charge in [-0.05, 0) is 12.0 Å². The molecule has 1 aromatic heterocycles. The lowest BCUT2D eigenvalue weighted by molar-refractivity contribution is -0.689. The van der Waals surface area contributed by atoms with Crippen LogP contribution >= 0.6 is 0 Å². The molecular formula is C12H17N2O2+. The summed E-state index contributed by atoms with van der Waals surface area (Å²) >= 11 is 0. The van der Waals surface area contributed by atoms with E-state index >= 15 is 0 Å². The Kier molecular flexibility index (Phi) is 3.19. The highest BCUT2D eigenvalue weighted by atomic mass is 16.5. The van der Waals surface area contributed by atoms with Crippen LogP contribution in [0.5, 0.6) is 0 Å².